The largest absolute Gasteiger partial charge is 0.378 e. The Kier molecular flexibility index (Phi) is 6.65. The van der Waals surface area contributed by atoms with Gasteiger partial charge in [-0.05, 0) is 23.3 Å². The monoisotopic (exact) mass is 370 g/mol. The van der Waals surface area contributed by atoms with Gasteiger partial charge in [-0.2, -0.15) is 0 Å². The van der Waals surface area contributed by atoms with Crippen LogP contribution in [0.3, 0.4) is 0 Å². The zero-order valence-electron chi connectivity index (χ0n) is 16.0. The van der Waals surface area contributed by atoms with Crippen molar-refractivity contribution in [2.45, 2.75) is 13.1 Å². The summed E-state index contributed by atoms with van der Waals surface area (Å²) < 4.78 is 19.9. The first-order valence-corrected chi connectivity index (χ1v) is 9.24. The molecule has 1 heterocycles. The summed E-state index contributed by atoms with van der Waals surface area (Å²) in [6, 6.07) is 15.6. The van der Waals surface area contributed by atoms with Crippen molar-refractivity contribution in [3.05, 3.63) is 65.5 Å². The molecule has 0 saturated carbocycles. The highest BCUT2D eigenvalue weighted by Gasteiger charge is 2.15. The van der Waals surface area contributed by atoms with Gasteiger partial charge in [-0.1, -0.05) is 36.4 Å². The summed E-state index contributed by atoms with van der Waals surface area (Å²) in [6.07, 6.45) is 0. The average molecular weight is 370 g/mol. The van der Waals surface area contributed by atoms with Gasteiger partial charge in [-0.3, -0.25) is 4.99 Å². The third-order valence-corrected chi connectivity index (χ3v) is 4.65. The van der Waals surface area contributed by atoms with E-state index in [1.807, 2.05) is 47.2 Å². The molecular formula is C21H27FN4O. The molecule has 6 heteroatoms. The second-order valence-electron chi connectivity index (χ2n) is 6.63. The average Bonchev–Trinajstić information content (AvgIpc) is 2.70. The molecule has 0 unspecified atom stereocenters. The van der Waals surface area contributed by atoms with E-state index in [9.17, 15) is 4.39 Å². The highest BCUT2D eigenvalue weighted by atomic mass is 19.1. The van der Waals surface area contributed by atoms with Gasteiger partial charge in [0.15, 0.2) is 5.96 Å². The molecular weight excluding hydrogens is 343 g/mol. The lowest BCUT2D eigenvalue weighted by Gasteiger charge is -2.29. The van der Waals surface area contributed by atoms with Crippen molar-refractivity contribution >= 4 is 11.6 Å². The highest BCUT2D eigenvalue weighted by molar-refractivity contribution is 5.79. The van der Waals surface area contributed by atoms with Crippen LogP contribution in [0.4, 0.5) is 10.1 Å². The SMILES string of the molecule is CN=C(NCc1ccc(N2CCOCC2)c(F)c1)N(C)Cc1ccccc1. The topological polar surface area (TPSA) is 40.1 Å². The first kappa shape index (κ1) is 19.2. The molecule has 0 atom stereocenters. The lowest BCUT2D eigenvalue weighted by molar-refractivity contribution is 0.122. The number of guanidine groups is 1. The molecule has 2 aromatic rings. The van der Waals surface area contributed by atoms with Crippen molar-refractivity contribution < 1.29 is 9.13 Å². The summed E-state index contributed by atoms with van der Waals surface area (Å²) in [4.78, 5) is 8.41. The van der Waals surface area contributed by atoms with Crippen LogP contribution in [0.15, 0.2) is 53.5 Å². The maximum absolute atomic E-state index is 14.5. The number of ether oxygens (including phenoxy) is 1. The predicted octanol–water partition coefficient (Wildman–Crippen LogP) is 2.87. The van der Waals surface area contributed by atoms with Gasteiger partial charge in [0.25, 0.3) is 0 Å². The van der Waals surface area contributed by atoms with Gasteiger partial charge in [-0.15, -0.1) is 0 Å². The third-order valence-electron chi connectivity index (χ3n) is 4.65. The number of nitrogens with one attached hydrogen (secondary N) is 1. The highest BCUT2D eigenvalue weighted by Crippen LogP contribution is 2.21. The van der Waals surface area contributed by atoms with Gasteiger partial charge in [0.05, 0.1) is 18.9 Å². The van der Waals surface area contributed by atoms with E-state index in [0.29, 0.717) is 25.4 Å². The Labute approximate surface area is 160 Å². The molecule has 0 amide bonds. The van der Waals surface area contributed by atoms with Crippen LogP contribution >= 0.6 is 0 Å². The predicted molar refractivity (Wildman–Crippen MR) is 108 cm³/mol. The van der Waals surface area contributed by atoms with Gasteiger partial charge in [0, 0.05) is 40.3 Å². The van der Waals surface area contributed by atoms with Crippen molar-refractivity contribution in [2.24, 2.45) is 4.99 Å². The number of hydrogen-bond acceptors (Lipinski definition) is 3. The maximum atomic E-state index is 14.5. The second-order valence-corrected chi connectivity index (χ2v) is 6.63. The van der Waals surface area contributed by atoms with Crippen molar-refractivity contribution in [1.82, 2.24) is 10.2 Å². The first-order chi connectivity index (χ1) is 13.2. The summed E-state index contributed by atoms with van der Waals surface area (Å²) in [5, 5.41) is 3.31. The standard InChI is InChI=1S/C21H27FN4O/c1-23-21(25(2)16-17-6-4-3-5-7-17)24-15-18-8-9-20(19(22)14-18)26-10-12-27-13-11-26/h3-9,14H,10-13,15-16H2,1-2H3,(H,23,24). The van der Waals surface area contributed by atoms with Crippen LogP contribution in [0.25, 0.3) is 0 Å². The Morgan fingerprint density at radius 3 is 2.56 bits per heavy atom. The van der Waals surface area contributed by atoms with E-state index in [4.69, 9.17) is 4.74 Å². The number of benzene rings is 2. The summed E-state index contributed by atoms with van der Waals surface area (Å²) >= 11 is 0. The fourth-order valence-electron chi connectivity index (χ4n) is 3.22. The summed E-state index contributed by atoms with van der Waals surface area (Å²) in [5.41, 5.74) is 2.75. The zero-order chi connectivity index (χ0) is 19.1. The Bertz CT molecular complexity index is 760. The fraction of sp³-hybridized carbons (Fsp3) is 0.381. The van der Waals surface area contributed by atoms with Crippen molar-refractivity contribution in [3.8, 4) is 0 Å². The van der Waals surface area contributed by atoms with Gasteiger partial charge >= 0.3 is 0 Å². The second kappa shape index (κ2) is 9.37. The van der Waals surface area contributed by atoms with Crippen LogP contribution in [0, 0.1) is 5.82 Å². The fourth-order valence-corrected chi connectivity index (χ4v) is 3.22. The summed E-state index contributed by atoms with van der Waals surface area (Å²) in [5.74, 6) is 0.584. The van der Waals surface area contributed by atoms with Gasteiger partial charge < -0.3 is 19.9 Å². The molecule has 144 valence electrons. The maximum Gasteiger partial charge on any atom is 0.193 e. The number of nitrogens with zero attached hydrogens (tertiary/aromatic N) is 3. The van der Waals surface area contributed by atoms with Crippen LogP contribution in [0.1, 0.15) is 11.1 Å². The van der Waals surface area contributed by atoms with Gasteiger partial charge in [0.1, 0.15) is 5.82 Å². The normalized spacial score (nSPS) is 14.9. The van der Waals surface area contributed by atoms with E-state index in [2.05, 4.69) is 22.4 Å². The minimum absolute atomic E-state index is 0.191. The van der Waals surface area contributed by atoms with E-state index in [-0.39, 0.29) is 5.82 Å². The quantitative estimate of drug-likeness (QED) is 0.649. The Balaban J connectivity index is 1.58. The Hall–Kier alpha value is -2.60. The van der Waals surface area contributed by atoms with Crippen LogP contribution in [0.2, 0.25) is 0 Å². The molecule has 2 aromatic carbocycles. The molecule has 5 nitrogen and oxygen atoms in total. The Morgan fingerprint density at radius 1 is 1.15 bits per heavy atom. The molecule has 0 spiro atoms. The number of rotatable bonds is 5. The minimum atomic E-state index is -0.191. The molecule has 1 aliphatic rings. The molecule has 3 rings (SSSR count). The van der Waals surface area contributed by atoms with E-state index >= 15 is 0 Å². The number of halogens is 1. The smallest absolute Gasteiger partial charge is 0.193 e. The lowest BCUT2D eigenvalue weighted by Crippen LogP contribution is -2.38. The molecule has 1 fully saturated rings. The van der Waals surface area contributed by atoms with Crippen LogP contribution in [-0.4, -0.2) is 51.3 Å². The third kappa shape index (κ3) is 5.20. The summed E-state index contributed by atoms with van der Waals surface area (Å²) in [6.45, 7) is 4.02. The molecule has 1 aliphatic heterocycles. The van der Waals surface area contributed by atoms with Crippen LogP contribution in [-0.2, 0) is 17.8 Å². The molecule has 0 bridgehead atoms. The van der Waals surface area contributed by atoms with Crippen LogP contribution < -0.4 is 10.2 Å². The number of anilines is 1. The lowest BCUT2D eigenvalue weighted by atomic mass is 10.1. The van der Waals surface area contributed by atoms with Crippen molar-refractivity contribution in [2.75, 3.05) is 45.3 Å². The molecule has 0 radical (unpaired) electrons. The van der Waals surface area contributed by atoms with E-state index in [0.717, 1.165) is 31.2 Å². The first-order valence-electron chi connectivity index (χ1n) is 9.24. The van der Waals surface area contributed by atoms with Gasteiger partial charge in [0.2, 0.25) is 0 Å². The Morgan fingerprint density at radius 2 is 1.89 bits per heavy atom. The zero-order valence-corrected chi connectivity index (χ0v) is 16.0. The minimum Gasteiger partial charge on any atom is -0.378 e. The van der Waals surface area contributed by atoms with E-state index < -0.39 is 0 Å². The molecule has 0 aliphatic carbocycles. The van der Waals surface area contributed by atoms with E-state index in [1.54, 1.807) is 13.1 Å². The molecule has 27 heavy (non-hydrogen) atoms. The molecule has 0 aromatic heterocycles. The molecule has 1 N–H and O–H groups in total. The number of hydrogen-bond donors (Lipinski definition) is 1. The van der Waals surface area contributed by atoms with Crippen LogP contribution in [0.5, 0.6) is 0 Å². The van der Waals surface area contributed by atoms with E-state index in [1.165, 1.54) is 5.56 Å². The van der Waals surface area contributed by atoms with Crippen molar-refractivity contribution in [3.63, 3.8) is 0 Å². The van der Waals surface area contributed by atoms with Crippen molar-refractivity contribution in [1.29, 1.82) is 0 Å². The number of aliphatic imine (C=N–C) groups is 1. The van der Waals surface area contributed by atoms with Gasteiger partial charge in [-0.25, -0.2) is 4.39 Å². The summed E-state index contributed by atoms with van der Waals surface area (Å²) in [7, 11) is 3.75. The molecule has 1 saturated heterocycles. The number of morpholine rings is 1.